The van der Waals surface area contributed by atoms with E-state index in [1.165, 1.54) is 6.20 Å². The first-order chi connectivity index (χ1) is 11.9. The van der Waals surface area contributed by atoms with E-state index in [0.29, 0.717) is 28.8 Å². The van der Waals surface area contributed by atoms with E-state index >= 15 is 0 Å². The summed E-state index contributed by atoms with van der Waals surface area (Å²) in [6.07, 6.45) is 1.45. The largest absolute Gasteiger partial charge is 0.386 e. The van der Waals surface area contributed by atoms with Crippen molar-refractivity contribution in [1.82, 2.24) is 9.88 Å². The molecule has 130 valence electrons. The normalized spacial score (nSPS) is 20.8. The molecular formula is C18H20ClN5O. The molecule has 0 spiro atoms. The number of aromatic nitrogens is 1. The minimum Gasteiger partial charge on any atom is -0.386 e. The first kappa shape index (κ1) is 17.4. The van der Waals surface area contributed by atoms with E-state index in [9.17, 15) is 4.79 Å². The molecule has 2 heterocycles. The number of nitrogens with one attached hydrogen (secondary N) is 1. The molecule has 3 rings (SSSR count). The maximum atomic E-state index is 12.3. The van der Waals surface area contributed by atoms with Gasteiger partial charge in [-0.1, -0.05) is 23.7 Å². The number of hydrogen-bond acceptors (Lipinski definition) is 5. The van der Waals surface area contributed by atoms with E-state index in [1.807, 2.05) is 38.2 Å². The van der Waals surface area contributed by atoms with Gasteiger partial charge in [0.2, 0.25) is 0 Å². The summed E-state index contributed by atoms with van der Waals surface area (Å²) in [6, 6.07) is 10.9. The third kappa shape index (κ3) is 3.97. The lowest BCUT2D eigenvalue weighted by molar-refractivity contribution is 0.102. The third-order valence-electron chi connectivity index (χ3n) is 4.10. The molecule has 0 saturated heterocycles. The maximum absolute atomic E-state index is 12.3. The Balaban J connectivity index is 1.83. The molecule has 2 aromatic rings. The molecule has 0 fully saturated rings. The van der Waals surface area contributed by atoms with Crippen LogP contribution in [0.4, 0.5) is 5.69 Å². The van der Waals surface area contributed by atoms with Crippen molar-refractivity contribution in [2.24, 2.45) is 10.7 Å². The molecule has 1 aliphatic rings. The number of pyridine rings is 1. The fourth-order valence-electron chi connectivity index (χ4n) is 3.04. The third-order valence-corrected chi connectivity index (χ3v) is 4.33. The highest BCUT2D eigenvalue weighted by Gasteiger charge is 2.31. The Labute approximate surface area is 151 Å². The van der Waals surface area contributed by atoms with Crippen LogP contribution in [0.25, 0.3) is 0 Å². The molecule has 1 unspecified atom stereocenters. The van der Waals surface area contributed by atoms with Gasteiger partial charge in [-0.2, -0.15) is 0 Å². The Kier molecular flexibility index (Phi) is 4.74. The molecule has 0 bridgehead atoms. The van der Waals surface area contributed by atoms with Crippen LogP contribution in [0.5, 0.6) is 0 Å². The SMILES string of the molecule is CN1CC(N)=NC(C)(c2cccc(NC(=O)c3ccc(Cl)cn3)c2)C1. The second-order valence-electron chi connectivity index (χ2n) is 6.45. The summed E-state index contributed by atoms with van der Waals surface area (Å²) in [7, 11) is 2.01. The van der Waals surface area contributed by atoms with E-state index in [1.54, 1.807) is 12.1 Å². The van der Waals surface area contributed by atoms with E-state index in [0.717, 1.165) is 12.1 Å². The molecule has 1 amide bonds. The van der Waals surface area contributed by atoms with Crippen molar-refractivity contribution in [2.75, 3.05) is 25.5 Å². The number of anilines is 1. The van der Waals surface area contributed by atoms with E-state index in [2.05, 4.69) is 20.2 Å². The van der Waals surface area contributed by atoms with Crippen molar-refractivity contribution >= 4 is 29.0 Å². The average molecular weight is 358 g/mol. The summed E-state index contributed by atoms with van der Waals surface area (Å²) in [5, 5.41) is 3.35. The predicted molar refractivity (Wildman–Crippen MR) is 100 cm³/mol. The quantitative estimate of drug-likeness (QED) is 0.884. The number of carbonyl (C=O) groups excluding carboxylic acids is 1. The fourth-order valence-corrected chi connectivity index (χ4v) is 3.15. The molecule has 0 aliphatic carbocycles. The molecule has 1 aromatic carbocycles. The number of likely N-dealkylation sites (N-methyl/N-ethyl adjacent to an activating group) is 1. The zero-order valence-corrected chi connectivity index (χ0v) is 14.9. The summed E-state index contributed by atoms with van der Waals surface area (Å²) >= 11 is 5.80. The Hall–Kier alpha value is -2.44. The number of carbonyl (C=O) groups is 1. The number of rotatable bonds is 3. The van der Waals surface area contributed by atoms with Gasteiger partial charge >= 0.3 is 0 Å². The summed E-state index contributed by atoms with van der Waals surface area (Å²) in [4.78, 5) is 23.1. The van der Waals surface area contributed by atoms with Crippen LogP contribution in [0, 0.1) is 0 Å². The smallest absolute Gasteiger partial charge is 0.274 e. The molecule has 0 radical (unpaired) electrons. The van der Waals surface area contributed by atoms with Gasteiger partial charge in [0.15, 0.2) is 0 Å². The standard InChI is InChI=1S/C18H20ClN5O/c1-18(11-24(2)10-16(20)23-18)12-4-3-5-14(8-12)22-17(25)15-7-6-13(19)9-21-15/h3-9H,10-11H2,1-2H3,(H2,20,23)(H,22,25). The molecule has 1 atom stereocenters. The van der Waals surface area contributed by atoms with Gasteiger partial charge in [0.1, 0.15) is 11.5 Å². The summed E-state index contributed by atoms with van der Waals surface area (Å²) in [5.41, 5.74) is 7.50. The Morgan fingerprint density at radius 1 is 1.36 bits per heavy atom. The molecule has 7 heteroatoms. The van der Waals surface area contributed by atoms with Crippen molar-refractivity contribution < 1.29 is 4.79 Å². The fraction of sp³-hybridized carbons (Fsp3) is 0.278. The molecule has 25 heavy (non-hydrogen) atoms. The van der Waals surface area contributed by atoms with Gasteiger partial charge in [0.25, 0.3) is 5.91 Å². The monoisotopic (exact) mass is 357 g/mol. The first-order valence-corrected chi connectivity index (χ1v) is 8.30. The lowest BCUT2D eigenvalue weighted by Gasteiger charge is -2.35. The number of benzene rings is 1. The second-order valence-corrected chi connectivity index (χ2v) is 6.88. The first-order valence-electron chi connectivity index (χ1n) is 7.92. The van der Waals surface area contributed by atoms with Crippen molar-refractivity contribution in [2.45, 2.75) is 12.5 Å². The number of halogens is 1. The highest BCUT2D eigenvalue weighted by atomic mass is 35.5. The molecule has 1 aromatic heterocycles. The molecule has 6 nitrogen and oxygen atoms in total. The van der Waals surface area contributed by atoms with Crippen molar-refractivity contribution in [3.8, 4) is 0 Å². The minimum atomic E-state index is -0.448. The predicted octanol–water partition coefficient (Wildman–Crippen LogP) is 2.51. The van der Waals surface area contributed by atoms with Gasteiger partial charge in [0, 0.05) is 18.4 Å². The number of nitrogens with zero attached hydrogens (tertiary/aromatic N) is 3. The number of hydrogen-bond donors (Lipinski definition) is 2. The number of nitrogens with two attached hydrogens (primary N) is 1. The van der Waals surface area contributed by atoms with Crippen LogP contribution >= 0.6 is 11.6 Å². The highest BCUT2D eigenvalue weighted by Crippen LogP contribution is 2.30. The van der Waals surface area contributed by atoms with E-state index < -0.39 is 5.54 Å². The maximum Gasteiger partial charge on any atom is 0.274 e. The topological polar surface area (TPSA) is 83.6 Å². The van der Waals surface area contributed by atoms with Crippen LogP contribution < -0.4 is 11.1 Å². The van der Waals surface area contributed by atoms with Crippen molar-refractivity contribution in [3.05, 3.63) is 58.9 Å². The van der Waals surface area contributed by atoms with Gasteiger partial charge in [-0.05, 0) is 43.8 Å². The Morgan fingerprint density at radius 2 is 2.16 bits per heavy atom. The molecule has 0 saturated carbocycles. The van der Waals surface area contributed by atoms with Crippen LogP contribution in [-0.4, -0.2) is 41.8 Å². The van der Waals surface area contributed by atoms with E-state index in [4.69, 9.17) is 17.3 Å². The van der Waals surface area contributed by atoms with Crippen LogP contribution in [0.1, 0.15) is 23.0 Å². The van der Waals surface area contributed by atoms with Gasteiger partial charge < -0.3 is 11.1 Å². The van der Waals surface area contributed by atoms with Gasteiger partial charge in [-0.25, -0.2) is 4.98 Å². The number of amides is 1. The zero-order valence-electron chi connectivity index (χ0n) is 14.2. The second kappa shape index (κ2) is 6.82. The molecule has 1 aliphatic heterocycles. The van der Waals surface area contributed by atoms with Crippen molar-refractivity contribution in [3.63, 3.8) is 0 Å². The summed E-state index contributed by atoms with van der Waals surface area (Å²) < 4.78 is 0. The van der Waals surface area contributed by atoms with Gasteiger partial charge in [-0.15, -0.1) is 0 Å². The Bertz CT molecular complexity index is 820. The van der Waals surface area contributed by atoms with Crippen molar-refractivity contribution in [1.29, 1.82) is 0 Å². The molecule has 3 N–H and O–H groups in total. The number of amidine groups is 1. The van der Waals surface area contributed by atoms with Crippen LogP contribution in [0.3, 0.4) is 0 Å². The van der Waals surface area contributed by atoms with Crippen LogP contribution in [-0.2, 0) is 5.54 Å². The molecular weight excluding hydrogens is 338 g/mol. The lowest BCUT2D eigenvalue weighted by Crippen LogP contribution is -2.46. The Morgan fingerprint density at radius 3 is 2.84 bits per heavy atom. The van der Waals surface area contributed by atoms with E-state index in [-0.39, 0.29) is 5.91 Å². The zero-order chi connectivity index (χ0) is 18.0. The lowest BCUT2D eigenvalue weighted by atomic mass is 9.90. The summed E-state index contributed by atoms with van der Waals surface area (Å²) in [6.45, 7) is 3.45. The highest BCUT2D eigenvalue weighted by molar-refractivity contribution is 6.30. The van der Waals surface area contributed by atoms with Gasteiger partial charge in [-0.3, -0.25) is 14.7 Å². The van der Waals surface area contributed by atoms with Crippen LogP contribution in [0.15, 0.2) is 47.6 Å². The minimum absolute atomic E-state index is 0.289. The average Bonchev–Trinajstić information content (AvgIpc) is 2.54. The van der Waals surface area contributed by atoms with Gasteiger partial charge in [0.05, 0.1) is 17.1 Å². The summed E-state index contributed by atoms with van der Waals surface area (Å²) in [5.74, 6) is 0.318. The number of aliphatic imine (C=N–C) groups is 1. The van der Waals surface area contributed by atoms with Crippen LogP contribution in [0.2, 0.25) is 5.02 Å².